The van der Waals surface area contributed by atoms with Crippen molar-refractivity contribution in [3.63, 3.8) is 0 Å². The quantitative estimate of drug-likeness (QED) is 0.860. The maximum Gasteiger partial charge on any atom is 0.284 e. The van der Waals surface area contributed by atoms with Crippen molar-refractivity contribution in [1.29, 1.82) is 0 Å². The third-order valence-corrected chi connectivity index (χ3v) is 4.22. The van der Waals surface area contributed by atoms with Crippen LogP contribution in [0.1, 0.15) is 30.6 Å². The zero-order valence-electron chi connectivity index (χ0n) is 13.8. The Morgan fingerprint density at radius 1 is 1.42 bits per heavy atom. The Hall–Kier alpha value is -1.99. The van der Waals surface area contributed by atoms with Crippen LogP contribution in [0.2, 0.25) is 0 Å². The molecule has 0 bridgehead atoms. The van der Waals surface area contributed by atoms with Crippen molar-refractivity contribution in [3.8, 4) is 11.5 Å². The fraction of sp³-hybridized carbons (Fsp3) is 0.471. The molecule has 0 saturated carbocycles. The Morgan fingerprint density at radius 2 is 2.17 bits per heavy atom. The number of hydrogen-bond donors (Lipinski definition) is 1. The molecule has 1 amide bonds. The zero-order valence-corrected chi connectivity index (χ0v) is 14.6. The maximum absolute atomic E-state index is 12.9. The van der Waals surface area contributed by atoms with E-state index in [1.165, 1.54) is 0 Å². The third kappa shape index (κ3) is 3.73. The first kappa shape index (κ1) is 16.9. The number of morpholine rings is 1. The number of H-pyrrole nitrogens is 1. The second kappa shape index (κ2) is 7.27. The molecule has 3 rings (SSSR count). The van der Waals surface area contributed by atoms with Crippen molar-refractivity contribution >= 4 is 18.1 Å². The van der Waals surface area contributed by atoms with Gasteiger partial charge in [0.05, 0.1) is 19.3 Å². The van der Waals surface area contributed by atoms with Gasteiger partial charge in [-0.3, -0.25) is 4.79 Å². The standard InChI is InChI=1S/C17H21N3O3S/c1-11(2)9-14-10-22-8-7-20(14)16(21)13-5-3-12(4-6-13)15-18-19-17(24)23-15/h3-6,11,14H,7-10H2,1-2H3,(H,19,24)/t14-/m0/s1. The highest BCUT2D eigenvalue weighted by molar-refractivity contribution is 7.71. The molecule has 2 aromatic rings. The number of ether oxygens (including phenoxy) is 1. The molecule has 1 atom stereocenters. The predicted octanol–water partition coefficient (Wildman–Crippen LogP) is 3.29. The van der Waals surface area contributed by atoms with Crippen LogP contribution in [0.3, 0.4) is 0 Å². The van der Waals surface area contributed by atoms with Crippen molar-refractivity contribution in [2.75, 3.05) is 19.8 Å². The topological polar surface area (TPSA) is 71.4 Å². The van der Waals surface area contributed by atoms with Gasteiger partial charge in [0.15, 0.2) is 0 Å². The molecule has 6 nitrogen and oxygen atoms in total. The molecule has 24 heavy (non-hydrogen) atoms. The predicted molar refractivity (Wildman–Crippen MR) is 92.2 cm³/mol. The van der Waals surface area contributed by atoms with Crippen LogP contribution in [-0.4, -0.2) is 46.8 Å². The lowest BCUT2D eigenvalue weighted by atomic mass is 10.0. The summed E-state index contributed by atoms with van der Waals surface area (Å²) in [5, 5.41) is 6.58. The van der Waals surface area contributed by atoms with E-state index in [0.29, 0.717) is 37.1 Å². The average molecular weight is 347 g/mol. The summed E-state index contributed by atoms with van der Waals surface area (Å²) >= 11 is 4.88. The van der Waals surface area contributed by atoms with Crippen LogP contribution in [0.5, 0.6) is 0 Å². The summed E-state index contributed by atoms with van der Waals surface area (Å²) in [5.74, 6) is 0.977. The smallest absolute Gasteiger partial charge is 0.284 e. The SMILES string of the molecule is CC(C)C[C@H]1COCCN1C(=O)c1ccc(-c2n[nH]c(=S)o2)cc1. The summed E-state index contributed by atoms with van der Waals surface area (Å²) < 4.78 is 10.8. The van der Waals surface area contributed by atoms with Crippen LogP contribution in [0.25, 0.3) is 11.5 Å². The van der Waals surface area contributed by atoms with E-state index in [9.17, 15) is 4.79 Å². The normalized spacial score (nSPS) is 18.1. The molecule has 1 aliphatic heterocycles. The first-order valence-electron chi connectivity index (χ1n) is 8.09. The zero-order chi connectivity index (χ0) is 17.1. The number of nitrogens with one attached hydrogen (secondary N) is 1. The van der Waals surface area contributed by atoms with E-state index in [4.69, 9.17) is 21.4 Å². The van der Waals surface area contributed by atoms with Gasteiger partial charge in [0.25, 0.3) is 10.7 Å². The molecule has 128 valence electrons. The fourth-order valence-corrected chi connectivity index (χ4v) is 3.06. The van der Waals surface area contributed by atoms with Gasteiger partial charge in [0.2, 0.25) is 5.89 Å². The Bertz CT molecular complexity index is 751. The second-order valence-corrected chi connectivity index (χ2v) is 6.72. The summed E-state index contributed by atoms with van der Waals surface area (Å²) in [6, 6.07) is 7.37. The molecular formula is C17H21N3O3S. The van der Waals surface area contributed by atoms with E-state index in [2.05, 4.69) is 24.0 Å². The molecule has 0 spiro atoms. The van der Waals surface area contributed by atoms with Gasteiger partial charge < -0.3 is 14.1 Å². The van der Waals surface area contributed by atoms with Crippen molar-refractivity contribution in [2.24, 2.45) is 5.92 Å². The minimum Gasteiger partial charge on any atom is -0.409 e. The van der Waals surface area contributed by atoms with E-state index >= 15 is 0 Å². The third-order valence-electron chi connectivity index (χ3n) is 4.05. The van der Waals surface area contributed by atoms with Gasteiger partial charge in [-0.15, -0.1) is 5.10 Å². The van der Waals surface area contributed by atoms with Crippen LogP contribution < -0.4 is 0 Å². The highest BCUT2D eigenvalue weighted by atomic mass is 32.1. The number of aromatic amines is 1. The molecule has 0 radical (unpaired) electrons. The van der Waals surface area contributed by atoms with E-state index < -0.39 is 0 Å². The van der Waals surface area contributed by atoms with E-state index in [-0.39, 0.29) is 16.8 Å². The number of benzene rings is 1. The molecule has 0 aliphatic carbocycles. The molecular weight excluding hydrogens is 326 g/mol. The largest absolute Gasteiger partial charge is 0.409 e. The lowest BCUT2D eigenvalue weighted by Crippen LogP contribution is -2.49. The summed E-state index contributed by atoms with van der Waals surface area (Å²) in [5.41, 5.74) is 1.43. The first-order chi connectivity index (χ1) is 11.5. The van der Waals surface area contributed by atoms with E-state index in [0.717, 1.165) is 12.0 Å². The van der Waals surface area contributed by atoms with Gasteiger partial charge in [0, 0.05) is 17.7 Å². The van der Waals surface area contributed by atoms with Crippen LogP contribution in [0, 0.1) is 10.8 Å². The van der Waals surface area contributed by atoms with Gasteiger partial charge in [0.1, 0.15) is 0 Å². The number of rotatable bonds is 4. The van der Waals surface area contributed by atoms with Crippen molar-refractivity contribution < 1.29 is 13.9 Å². The van der Waals surface area contributed by atoms with E-state index in [1.807, 2.05) is 17.0 Å². The summed E-state index contributed by atoms with van der Waals surface area (Å²) in [4.78, 5) is 15.0. The van der Waals surface area contributed by atoms with Crippen LogP contribution >= 0.6 is 12.2 Å². The molecule has 1 saturated heterocycles. The Kier molecular flexibility index (Phi) is 5.11. The summed E-state index contributed by atoms with van der Waals surface area (Å²) in [6.07, 6.45) is 0.942. The number of carbonyl (C=O) groups is 1. The number of carbonyl (C=O) groups excluding carboxylic acids is 1. The molecule has 1 fully saturated rings. The van der Waals surface area contributed by atoms with Crippen molar-refractivity contribution in [3.05, 3.63) is 34.7 Å². The minimum atomic E-state index is 0.0402. The molecule has 7 heteroatoms. The van der Waals surface area contributed by atoms with Crippen molar-refractivity contribution in [2.45, 2.75) is 26.3 Å². The van der Waals surface area contributed by atoms with Gasteiger partial charge in [-0.05, 0) is 48.8 Å². The minimum absolute atomic E-state index is 0.0402. The molecule has 1 aromatic heterocycles. The molecule has 0 unspecified atom stereocenters. The van der Waals surface area contributed by atoms with Gasteiger partial charge >= 0.3 is 0 Å². The van der Waals surface area contributed by atoms with Gasteiger partial charge in [-0.1, -0.05) is 13.8 Å². The summed E-state index contributed by atoms with van der Waals surface area (Å²) in [7, 11) is 0. The van der Waals surface area contributed by atoms with Crippen LogP contribution in [0.15, 0.2) is 28.7 Å². The maximum atomic E-state index is 12.9. The average Bonchev–Trinajstić information content (AvgIpc) is 3.01. The number of amides is 1. The number of nitrogens with zero attached hydrogens (tertiary/aromatic N) is 2. The highest BCUT2D eigenvalue weighted by Crippen LogP contribution is 2.21. The Balaban J connectivity index is 1.77. The van der Waals surface area contributed by atoms with Crippen LogP contribution in [-0.2, 0) is 4.74 Å². The lowest BCUT2D eigenvalue weighted by Gasteiger charge is -2.36. The molecule has 1 aromatic carbocycles. The molecule has 1 aliphatic rings. The molecule has 2 heterocycles. The lowest BCUT2D eigenvalue weighted by molar-refractivity contribution is -0.00746. The fourth-order valence-electron chi connectivity index (χ4n) is 2.94. The number of aromatic nitrogens is 2. The Morgan fingerprint density at radius 3 is 2.79 bits per heavy atom. The van der Waals surface area contributed by atoms with Gasteiger partial charge in [-0.2, -0.15) is 0 Å². The van der Waals surface area contributed by atoms with E-state index in [1.54, 1.807) is 12.1 Å². The molecule has 1 N–H and O–H groups in total. The first-order valence-corrected chi connectivity index (χ1v) is 8.50. The Labute approximate surface area is 145 Å². The monoisotopic (exact) mass is 347 g/mol. The summed E-state index contributed by atoms with van der Waals surface area (Å²) in [6.45, 7) is 6.15. The van der Waals surface area contributed by atoms with Crippen LogP contribution in [0.4, 0.5) is 0 Å². The highest BCUT2D eigenvalue weighted by Gasteiger charge is 2.28. The van der Waals surface area contributed by atoms with Gasteiger partial charge in [-0.25, -0.2) is 5.10 Å². The van der Waals surface area contributed by atoms with Crippen molar-refractivity contribution in [1.82, 2.24) is 15.1 Å². The number of hydrogen-bond acceptors (Lipinski definition) is 5. The second-order valence-electron chi connectivity index (χ2n) is 6.35.